The molecule has 0 aromatic rings. The van der Waals surface area contributed by atoms with E-state index in [2.05, 4.69) is 25.7 Å². The molecule has 0 radical (unpaired) electrons. The number of hydrogen-bond acceptors (Lipinski definition) is 2. The predicted octanol–water partition coefficient (Wildman–Crippen LogP) is 2.54. The van der Waals surface area contributed by atoms with Crippen LogP contribution in [0.2, 0.25) is 0 Å². The predicted molar refractivity (Wildman–Crippen MR) is 58.1 cm³/mol. The van der Waals surface area contributed by atoms with Crippen molar-refractivity contribution in [3.63, 3.8) is 0 Å². The number of likely N-dealkylation sites (N-methyl/N-ethyl adjacent to an activating group) is 1. The lowest BCUT2D eigenvalue weighted by molar-refractivity contribution is 0.104. The smallest absolute Gasteiger partial charge is 0.0593 e. The molecule has 0 unspecified atom stereocenters. The van der Waals surface area contributed by atoms with E-state index in [1.165, 1.54) is 19.3 Å². The molecule has 0 aromatic carbocycles. The summed E-state index contributed by atoms with van der Waals surface area (Å²) in [5.41, 5.74) is 0. The van der Waals surface area contributed by atoms with Crippen molar-refractivity contribution in [1.29, 1.82) is 0 Å². The second-order valence-corrected chi connectivity index (χ2v) is 3.35. The number of rotatable bonds is 9. The van der Waals surface area contributed by atoms with Gasteiger partial charge in [-0.25, -0.2) is 0 Å². The fourth-order valence-corrected chi connectivity index (χ4v) is 1.29. The number of nitrogens with zero attached hydrogens (tertiary/aromatic N) is 1. The lowest BCUT2D eigenvalue weighted by atomic mass is 10.3. The number of ether oxygens (including phenoxy) is 1. The zero-order chi connectivity index (χ0) is 9.94. The van der Waals surface area contributed by atoms with E-state index < -0.39 is 0 Å². The number of unbranched alkanes of at least 4 members (excludes halogenated alkanes) is 2. The average molecular weight is 187 g/mol. The highest BCUT2D eigenvalue weighted by atomic mass is 16.5. The molecule has 0 aliphatic heterocycles. The van der Waals surface area contributed by atoms with Crippen molar-refractivity contribution in [1.82, 2.24) is 4.90 Å². The highest BCUT2D eigenvalue weighted by molar-refractivity contribution is 4.50. The molecule has 2 nitrogen and oxygen atoms in total. The van der Waals surface area contributed by atoms with Gasteiger partial charge >= 0.3 is 0 Å². The molecule has 0 heterocycles. The molecule has 80 valence electrons. The summed E-state index contributed by atoms with van der Waals surface area (Å²) in [6.07, 6.45) is 3.79. The molecule has 0 aliphatic rings. The normalized spacial score (nSPS) is 11.1. The first kappa shape index (κ1) is 12.9. The Labute approximate surface area is 83.3 Å². The first-order valence-corrected chi connectivity index (χ1v) is 5.65. The van der Waals surface area contributed by atoms with Crippen LogP contribution in [-0.4, -0.2) is 37.7 Å². The van der Waals surface area contributed by atoms with Crippen LogP contribution in [-0.2, 0) is 4.74 Å². The van der Waals surface area contributed by atoms with Gasteiger partial charge in [-0.15, -0.1) is 0 Å². The van der Waals surface area contributed by atoms with Gasteiger partial charge in [0.1, 0.15) is 0 Å². The topological polar surface area (TPSA) is 12.5 Å². The van der Waals surface area contributed by atoms with Crippen molar-refractivity contribution in [2.45, 2.75) is 40.0 Å². The third-order valence-electron chi connectivity index (χ3n) is 2.34. The molecule has 2 heteroatoms. The molecule has 0 fully saturated rings. The Balaban J connectivity index is 3.05. The zero-order valence-corrected chi connectivity index (χ0v) is 9.51. The van der Waals surface area contributed by atoms with Crippen LogP contribution in [0.3, 0.4) is 0 Å². The SMILES string of the molecule is CCCCCOCCN(CC)CC. The Morgan fingerprint density at radius 3 is 2.15 bits per heavy atom. The minimum absolute atomic E-state index is 0.894. The molecular formula is C11H25NO. The van der Waals surface area contributed by atoms with Gasteiger partial charge in [-0.3, -0.25) is 0 Å². The van der Waals surface area contributed by atoms with Crippen LogP contribution in [0.5, 0.6) is 0 Å². The third kappa shape index (κ3) is 8.26. The van der Waals surface area contributed by atoms with Gasteiger partial charge in [-0.1, -0.05) is 33.6 Å². The molecule has 0 aromatic heterocycles. The first-order chi connectivity index (χ1) is 6.35. The van der Waals surface area contributed by atoms with E-state index >= 15 is 0 Å². The van der Waals surface area contributed by atoms with Crippen LogP contribution in [0.1, 0.15) is 40.0 Å². The van der Waals surface area contributed by atoms with Crippen molar-refractivity contribution in [2.75, 3.05) is 32.8 Å². The summed E-state index contributed by atoms with van der Waals surface area (Å²) in [7, 11) is 0. The molecule has 0 saturated heterocycles. The monoisotopic (exact) mass is 187 g/mol. The molecule has 0 saturated carbocycles. The Bertz CT molecular complexity index is 92.1. The minimum Gasteiger partial charge on any atom is -0.380 e. The Morgan fingerprint density at radius 1 is 0.923 bits per heavy atom. The maximum absolute atomic E-state index is 5.53. The van der Waals surface area contributed by atoms with E-state index in [-0.39, 0.29) is 0 Å². The molecule has 0 bridgehead atoms. The fraction of sp³-hybridized carbons (Fsp3) is 1.00. The zero-order valence-electron chi connectivity index (χ0n) is 9.51. The largest absolute Gasteiger partial charge is 0.380 e. The van der Waals surface area contributed by atoms with Gasteiger partial charge < -0.3 is 9.64 Å². The Kier molecular flexibility index (Phi) is 9.94. The maximum atomic E-state index is 5.53. The summed E-state index contributed by atoms with van der Waals surface area (Å²) in [6, 6.07) is 0. The van der Waals surface area contributed by atoms with E-state index in [1.807, 2.05) is 0 Å². The summed E-state index contributed by atoms with van der Waals surface area (Å²) in [6.45, 7) is 11.8. The minimum atomic E-state index is 0.894. The fourth-order valence-electron chi connectivity index (χ4n) is 1.29. The van der Waals surface area contributed by atoms with Crippen LogP contribution >= 0.6 is 0 Å². The summed E-state index contributed by atoms with van der Waals surface area (Å²) < 4.78 is 5.53. The molecule has 0 atom stereocenters. The molecule has 0 aliphatic carbocycles. The van der Waals surface area contributed by atoms with Gasteiger partial charge in [0.2, 0.25) is 0 Å². The highest BCUT2D eigenvalue weighted by Gasteiger charge is 1.97. The summed E-state index contributed by atoms with van der Waals surface area (Å²) in [5.74, 6) is 0. The Hall–Kier alpha value is -0.0800. The van der Waals surface area contributed by atoms with Gasteiger partial charge in [-0.05, 0) is 19.5 Å². The second kappa shape index (κ2) is 10.0. The van der Waals surface area contributed by atoms with E-state index in [0.717, 1.165) is 32.8 Å². The van der Waals surface area contributed by atoms with E-state index in [9.17, 15) is 0 Å². The molecule has 0 N–H and O–H groups in total. The second-order valence-electron chi connectivity index (χ2n) is 3.35. The summed E-state index contributed by atoms with van der Waals surface area (Å²) >= 11 is 0. The highest BCUT2D eigenvalue weighted by Crippen LogP contribution is 1.94. The maximum Gasteiger partial charge on any atom is 0.0593 e. The molecule has 0 rings (SSSR count). The van der Waals surface area contributed by atoms with Crippen molar-refractivity contribution in [2.24, 2.45) is 0 Å². The van der Waals surface area contributed by atoms with Crippen molar-refractivity contribution >= 4 is 0 Å². The van der Waals surface area contributed by atoms with E-state index in [1.54, 1.807) is 0 Å². The van der Waals surface area contributed by atoms with Gasteiger partial charge in [0.15, 0.2) is 0 Å². The summed E-state index contributed by atoms with van der Waals surface area (Å²) in [4.78, 5) is 2.39. The van der Waals surface area contributed by atoms with Crippen LogP contribution in [0, 0.1) is 0 Å². The molecule has 0 amide bonds. The summed E-state index contributed by atoms with van der Waals surface area (Å²) in [5, 5.41) is 0. The van der Waals surface area contributed by atoms with Gasteiger partial charge in [0.05, 0.1) is 6.61 Å². The lowest BCUT2D eigenvalue weighted by Crippen LogP contribution is -2.27. The van der Waals surface area contributed by atoms with Crippen molar-refractivity contribution in [3.8, 4) is 0 Å². The van der Waals surface area contributed by atoms with E-state index in [0.29, 0.717) is 0 Å². The number of hydrogen-bond donors (Lipinski definition) is 0. The standard InChI is InChI=1S/C11H25NO/c1-4-7-8-10-13-11-9-12(5-2)6-3/h4-11H2,1-3H3. The van der Waals surface area contributed by atoms with Gasteiger partial charge in [-0.2, -0.15) is 0 Å². The lowest BCUT2D eigenvalue weighted by Gasteiger charge is -2.17. The van der Waals surface area contributed by atoms with Gasteiger partial charge in [0.25, 0.3) is 0 Å². The molecule has 13 heavy (non-hydrogen) atoms. The Morgan fingerprint density at radius 2 is 1.62 bits per heavy atom. The van der Waals surface area contributed by atoms with Crippen LogP contribution < -0.4 is 0 Å². The molecular weight excluding hydrogens is 162 g/mol. The quantitative estimate of drug-likeness (QED) is 0.514. The van der Waals surface area contributed by atoms with Gasteiger partial charge in [0, 0.05) is 13.2 Å². The van der Waals surface area contributed by atoms with Crippen molar-refractivity contribution in [3.05, 3.63) is 0 Å². The van der Waals surface area contributed by atoms with Crippen molar-refractivity contribution < 1.29 is 4.74 Å². The third-order valence-corrected chi connectivity index (χ3v) is 2.34. The van der Waals surface area contributed by atoms with E-state index in [4.69, 9.17) is 4.74 Å². The van der Waals surface area contributed by atoms with Crippen LogP contribution in [0.15, 0.2) is 0 Å². The van der Waals surface area contributed by atoms with Crippen LogP contribution in [0.4, 0.5) is 0 Å². The molecule has 0 spiro atoms. The first-order valence-electron chi connectivity index (χ1n) is 5.65. The average Bonchev–Trinajstić information content (AvgIpc) is 2.17. The van der Waals surface area contributed by atoms with Crippen LogP contribution in [0.25, 0.3) is 0 Å².